The Balaban J connectivity index is 1.96. The summed E-state index contributed by atoms with van der Waals surface area (Å²) in [6, 6.07) is 10.9. The third kappa shape index (κ3) is 6.54. The highest BCUT2D eigenvalue weighted by Crippen LogP contribution is 2.21. The van der Waals surface area contributed by atoms with Gasteiger partial charge in [-0.1, -0.05) is 44.2 Å². The van der Waals surface area contributed by atoms with Crippen molar-refractivity contribution in [3.63, 3.8) is 0 Å². The van der Waals surface area contributed by atoms with Crippen LogP contribution in [0.1, 0.15) is 38.7 Å². The monoisotopic (exact) mass is 386 g/mol. The molecule has 1 unspecified atom stereocenters. The third-order valence-corrected chi connectivity index (χ3v) is 4.95. The van der Waals surface area contributed by atoms with Crippen LogP contribution in [0.3, 0.4) is 0 Å². The van der Waals surface area contributed by atoms with Crippen molar-refractivity contribution < 1.29 is 14.3 Å². The van der Waals surface area contributed by atoms with E-state index in [1.54, 1.807) is 0 Å². The first kappa shape index (κ1) is 21.7. The molecule has 0 aliphatic carbocycles. The zero-order valence-corrected chi connectivity index (χ0v) is 16.9. The molecule has 28 heavy (non-hydrogen) atoms. The van der Waals surface area contributed by atoms with E-state index in [4.69, 9.17) is 4.74 Å². The van der Waals surface area contributed by atoms with Gasteiger partial charge in [0.25, 0.3) is 0 Å². The summed E-state index contributed by atoms with van der Waals surface area (Å²) in [6.07, 6.45) is 0.962. The largest absolute Gasteiger partial charge is 0.445 e. The van der Waals surface area contributed by atoms with Crippen LogP contribution in [0.5, 0.6) is 0 Å². The fourth-order valence-electron chi connectivity index (χ4n) is 3.20. The summed E-state index contributed by atoms with van der Waals surface area (Å²) in [4.78, 5) is 27.2. The average Bonchev–Trinajstić information content (AvgIpc) is 2.68. The van der Waals surface area contributed by atoms with Crippen molar-refractivity contribution in [3.05, 3.63) is 35.9 Å². The number of amides is 2. The summed E-state index contributed by atoms with van der Waals surface area (Å²) in [5.41, 5.74) is -0.00804. The molecule has 1 aliphatic heterocycles. The smallest absolute Gasteiger partial charge is 0.408 e. The third-order valence-electron chi connectivity index (χ3n) is 4.95. The Morgan fingerprint density at radius 3 is 2.46 bits per heavy atom. The van der Waals surface area contributed by atoms with Crippen LogP contribution in [-0.4, -0.2) is 48.6 Å². The van der Waals surface area contributed by atoms with E-state index >= 15 is 0 Å². The van der Waals surface area contributed by atoms with E-state index < -0.39 is 17.7 Å². The number of carbonyl (C=O) groups excluding carboxylic acids is 2. The lowest BCUT2D eigenvalue weighted by Crippen LogP contribution is -2.58. The van der Waals surface area contributed by atoms with Crippen LogP contribution >= 0.6 is 0 Å². The van der Waals surface area contributed by atoms with Crippen molar-refractivity contribution in [2.24, 2.45) is 5.92 Å². The van der Waals surface area contributed by atoms with Crippen LogP contribution in [0.15, 0.2) is 30.3 Å². The number of carbonyl (C=O) groups is 2. The maximum atomic E-state index is 12.9. The summed E-state index contributed by atoms with van der Waals surface area (Å²) in [5, 5.41) is 15.2. The molecule has 1 heterocycles. The van der Waals surface area contributed by atoms with Gasteiger partial charge in [-0.15, -0.1) is 0 Å². The molecule has 7 heteroatoms. The summed E-state index contributed by atoms with van der Waals surface area (Å²) < 4.78 is 5.24. The number of piperidine rings is 1. The predicted octanol–water partition coefficient (Wildman–Crippen LogP) is 2.43. The fourth-order valence-corrected chi connectivity index (χ4v) is 3.20. The van der Waals surface area contributed by atoms with Gasteiger partial charge in [0.05, 0.1) is 6.07 Å². The molecule has 1 aromatic carbocycles. The van der Waals surface area contributed by atoms with Gasteiger partial charge in [-0.25, -0.2) is 4.79 Å². The quantitative estimate of drug-likeness (QED) is 0.751. The minimum Gasteiger partial charge on any atom is -0.445 e. The van der Waals surface area contributed by atoms with Gasteiger partial charge in [0.2, 0.25) is 5.91 Å². The van der Waals surface area contributed by atoms with Crippen LogP contribution in [0.25, 0.3) is 0 Å². The zero-order valence-electron chi connectivity index (χ0n) is 16.9. The van der Waals surface area contributed by atoms with E-state index in [2.05, 4.69) is 21.6 Å². The van der Waals surface area contributed by atoms with Gasteiger partial charge in [-0.05, 0) is 37.8 Å². The Labute approximate surface area is 167 Å². The van der Waals surface area contributed by atoms with Crippen molar-refractivity contribution in [1.82, 2.24) is 15.5 Å². The van der Waals surface area contributed by atoms with Crippen molar-refractivity contribution in [1.29, 1.82) is 5.26 Å². The van der Waals surface area contributed by atoms with E-state index in [1.165, 1.54) is 0 Å². The fraction of sp³-hybridized carbons (Fsp3) is 0.571. The molecule has 2 amide bonds. The second kappa shape index (κ2) is 10.1. The van der Waals surface area contributed by atoms with Gasteiger partial charge in [-0.2, -0.15) is 5.26 Å². The van der Waals surface area contributed by atoms with Crippen LogP contribution in [0.2, 0.25) is 0 Å². The Bertz CT molecular complexity index is 691. The summed E-state index contributed by atoms with van der Waals surface area (Å²) in [5.74, 6) is -0.142. The Morgan fingerprint density at radius 2 is 1.89 bits per heavy atom. The molecule has 2 rings (SSSR count). The van der Waals surface area contributed by atoms with Crippen molar-refractivity contribution in [2.75, 3.05) is 20.1 Å². The number of nitrogens with one attached hydrogen (secondary N) is 2. The summed E-state index contributed by atoms with van der Waals surface area (Å²) >= 11 is 0. The molecular weight excluding hydrogens is 356 g/mol. The Kier molecular flexibility index (Phi) is 7.82. The average molecular weight is 386 g/mol. The molecule has 1 aliphatic rings. The normalized spacial score (nSPS) is 17.4. The van der Waals surface area contributed by atoms with E-state index in [0.717, 1.165) is 18.7 Å². The lowest BCUT2D eigenvalue weighted by molar-refractivity contribution is -0.125. The number of nitrogens with zero attached hydrogens (tertiary/aromatic N) is 2. The molecule has 2 N–H and O–H groups in total. The minimum absolute atomic E-state index is 0.136. The summed E-state index contributed by atoms with van der Waals surface area (Å²) in [7, 11) is 2.00. The second-order valence-electron chi connectivity index (χ2n) is 7.87. The Hall–Kier alpha value is -2.59. The molecule has 1 aromatic rings. The van der Waals surface area contributed by atoms with Crippen LogP contribution < -0.4 is 10.6 Å². The van der Waals surface area contributed by atoms with Crippen molar-refractivity contribution in [2.45, 2.75) is 51.3 Å². The molecule has 0 spiro atoms. The van der Waals surface area contributed by atoms with E-state index in [0.29, 0.717) is 19.3 Å². The first-order chi connectivity index (χ1) is 13.3. The standard InChI is InChI=1S/C21H30N4O3/c1-16(2)13-18(23-20(27)28-14-17-7-5-4-6-8-17)19(26)24-21(15-22)9-11-25(3)12-10-21/h4-8,16,18H,9-14H2,1-3H3,(H,23,27)(H,24,26). The molecule has 0 radical (unpaired) electrons. The van der Waals surface area contributed by atoms with Gasteiger partial charge >= 0.3 is 6.09 Å². The predicted molar refractivity (Wildman–Crippen MR) is 106 cm³/mol. The highest BCUT2D eigenvalue weighted by atomic mass is 16.5. The molecule has 0 saturated carbocycles. The van der Waals surface area contributed by atoms with E-state index in [-0.39, 0.29) is 18.4 Å². The van der Waals surface area contributed by atoms with Gasteiger partial charge in [0.15, 0.2) is 0 Å². The first-order valence-corrected chi connectivity index (χ1v) is 9.72. The van der Waals surface area contributed by atoms with Crippen LogP contribution in [0, 0.1) is 17.2 Å². The van der Waals surface area contributed by atoms with E-state index in [1.807, 2.05) is 51.2 Å². The van der Waals surface area contributed by atoms with Crippen molar-refractivity contribution >= 4 is 12.0 Å². The summed E-state index contributed by atoms with van der Waals surface area (Å²) in [6.45, 7) is 5.58. The number of ether oxygens (including phenoxy) is 1. The molecule has 1 saturated heterocycles. The lowest BCUT2D eigenvalue weighted by Gasteiger charge is -2.37. The molecule has 0 bridgehead atoms. The topological polar surface area (TPSA) is 94.5 Å². The number of nitriles is 1. The SMILES string of the molecule is CC(C)CC(NC(=O)OCc1ccccc1)C(=O)NC1(C#N)CCN(C)CC1. The molecule has 0 aromatic heterocycles. The molecular formula is C21H30N4O3. The molecule has 1 atom stereocenters. The number of hydrogen-bond donors (Lipinski definition) is 2. The highest BCUT2D eigenvalue weighted by molar-refractivity contribution is 5.86. The minimum atomic E-state index is -0.881. The van der Waals surface area contributed by atoms with Gasteiger partial charge in [0.1, 0.15) is 18.2 Å². The number of benzene rings is 1. The van der Waals surface area contributed by atoms with E-state index in [9.17, 15) is 14.9 Å². The maximum Gasteiger partial charge on any atom is 0.408 e. The Morgan fingerprint density at radius 1 is 1.25 bits per heavy atom. The molecule has 7 nitrogen and oxygen atoms in total. The molecule has 1 fully saturated rings. The zero-order chi connectivity index (χ0) is 20.6. The maximum absolute atomic E-state index is 12.9. The number of alkyl carbamates (subject to hydrolysis) is 1. The lowest BCUT2D eigenvalue weighted by atomic mass is 9.88. The van der Waals surface area contributed by atoms with Gasteiger partial charge in [-0.3, -0.25) is 4.79 Å². The van der Waals surface area contributed by atoms with Crippen LogP contribution in [-0.2, 0) is 16.1 Å². The van der Waals surface area contributed by atoms with Gasteiger partial charge < -0.3 is 20.3 Å². The first-order valence-electron chi connectivity index (χ1n) is 9.72. The number of hydrogen-bond acceptors (Lipinski definition) is 5. The van der Waals surface area contributed by atoms with Crippen LogP contribution in [0.4, 0.5) is 4.79 Å². The van der Waals surface area contributed by atoms with Crippen molar-refractivity contribution in [3.8, 4) is 6.07 Å². The number of rotatable bonds is 7. The highest BCUT2D eigenvalue weighted by Gasteiger charge is 2.37. The number of likely N-dealkylation sites (tertiary alicyclic amines) is 1. The molecule has 152 valence electrons. The van der Waals surface area contributed by atoms with Gasteiger partial charge in [0, 0.05) is 13.1 Å². The second-order valence-corrected chi connectivity index (χ2v) is 7.87.